The fraction of sp³-hybridized carbons (Fsp3) is 0.0909. The molecule has 0 aliphatic rings. The largest absolute Gasteiger partial charge is 1.00 e. The molecule has 0 aromatic heterocycles. The molecule has 0 bridgehead atoms. The van der Waals surface area contributed by atoms with Gasteiger partial charge in [0.2, 0.25) is 0 Å². The van der Waals surface area contributed by atoms with Crippen molar-refractivity contribution in [2.24, 2.45) is 0 Å². The number of hydrogen-bond donors (Lipinski definition) is 0. The summed E-state index contributed by atoms with van der Waals surface area (Å²) in [6.45, 7) is 0. The zero-order valence-corrected chi connectivity index (χ0v) is 15.6. The van der Waals surface area contributed by atoms with E-state index >= 15 is 0 Å². The smallest absolute Gasteiger partial charge is 0.523 e. The first-order valence-electron chi connectivity index (χ1n) is 7.78. The second-order valence-corrected chi connectivity index (χ2v) is 5.57. The van der Waals surface area contributed by atoms with Crippen LogP contribution in [0.4, 0.5) is 0 Å². The average Bonchev–Trinajstić information content (AvgIpc) is 2.66. The molecule has 0 N–H and O–H groups in total. The van der Waals surface area contributed by atoms with Crippen molar-refractivity contribution in [3.05, 3.63) is 72.8 Å². The number of rotatable bonds is 3. The molecule has 0 amide bonds. The number of ether oxygens (including phenoxy) is 2. The van der Waals surface area contributed by atoms with E-state index in [0.29, 0.717) is 11.5 Å². The van der Waals surface area contributed by atoms with E-state index in [4.69, 9.17) is 9.47 Å². The molecule has 4 heteroatoms. The van der Waals surface area contributed by atoms with Crippen LogP contribution in [0.25, 0.3) is 32.7 Å². The summed E-state index contributed by atoms with van der Waals surface area (Å²) in [5.74, 6) is 1.41. The van der Waals surface area contributed by atoms with Gasteiger partial charge in [0.05, 0.1) is 14.2 Å². The molecule has 0 aliphatic carbocycles. The normalized spacial score (nSPS) is 10.1. The van der Waals surface area contributed by atoms with Gasteiger partial charge < -0.3 is 9.47 Å². The summed E-state index contributed by atoms with van der Waals surface area (Å²) in [7, 11) is 3.34. The Morgan fingerprint density at radius 2 is 1.00 bits per heavy atom. The molecule has 0 atom stereocenters. The molecule has 0 unspecified atom stereocenters. The minimum atomic E-state index is 0. The molecule has 4 aromatic rings. The molecule has 2 nitrogen and oxygen atoms in total. The Labute approximate surface area is 177 Å². The molecule has 4 rings (SSSR count). The third-order valence-corrected chi connectivity index (χ3v) is 4.29. The van der Waals surface area contributed by atoms with Crippen molar-refractivity contribution in [1.29, 1.82) is 0 Å². The van der Waals surface area contributed by atoms with Gasteiger partial charge in [0, 0.05) is 11.5 Å². The molecule has 0 saturated heterocycles. The Kier molecular flexibility index (Phi) is 6.88. The van der Waals surface area contributed by atoms with Gasteiger partial charge in [0.25, 0.3) is 0 Å². The predicted octanol–water partition coefficient (Wildman–Crippen LogP) is -0.714. The second kappa shape index (κ2) is 8.72. The van der Waals surface area contributed by atoms with Gasteiger partial charge in [0.15, 0.2) is 0 Å². The van der Waals surface area contributed by atoms with E-state index in [9.17, 15) is 0 Å². The molecule has 0 spiro atoms. The van der Waals surface area contributed by atoms with E-state index in [1.165, 1.54) is 0 Å². The number of hydrogen-bond acceptors (Lipinski definition) is 2. The summed E-state index contributed by atoms with van der Waals surface area (Å²) < 4.78 is 11.3. The minimum absolute atomic E-state index is 0. The zero-order chi connectivity index (χ0) is 16.5. The fourth-order valence-electron chi connectivity index (χ4n) is 3.20. The van der Waals surface area contributed by atoms with E-state index in [1.807, 2.05) is 36.4 Å². The maximum atomic E-state index is 5.63. The number of methoxy groups -OCH3 is 2. The van der Waals surface area contributed by atoms with Gasteiger partial charge in [-0.2, -0.15) is 12.1 Å². The van der Waals surface area contributed by atoms with Gasteiger partial charge >= 0.3 is 37.7 Å². The van der Waals surface area contributed by atoms with E-state index in [1.54, 1.807) is 14.2 Å². The quantitative estimate of drug-likeness (QED) is 0.366. The molecular weight excluding hydrogens is 310 g/mol. The van der Waals surface area contributed by atoms with E-state index in [0.717, 1.165) is 32.7 Å². The van der Waals surface area contributed by atoms with Crippen LogP contribution in [0.1, 0.15) is 0 Å². The first-order valence-corrected chi connectivity index (χ1v) is 7.78. The summed E-state index contributed by atoms with van der Waals surface area (Å²) in [5, 5.41) is 4.44. The molecule has 0 aliphatic heterocycles. The molecule has 0 radical (unpaired) electrons. The molecule has 118 valence electrons. The van der Waals surface area contributed by atoms with E-state index in [2.05, 4.69) is 36.4 Å². The van der Waals surface area contributed by atoms with Gasteiger partial charge in [-0.1, -0.05) is 36.4 Å². The molecule has 0 fully saturated rings. The van der Waals surface area contributed by atoms with E-state index in [-0.39, 0.29) is 37.7 Å². The Hall–Kier alpha value is -1.81. The third-order valence-electron chi connectivity index (χ3n) is 4.29. The van der Waals surface area contributed by atoms with Crippen molar-refractivity contribution in [2.75, 3.05) is 14.2 Å². The fourth-order valence-corrected chi connectivity index (χ4v) is 3.20. The Morgan fingerprint density at radius 1 is 0.615 bits per heavy atom. The topological polar surface area (TPSA) is 18.5 Å². The average molecular weight is 326 g/mol. The van der Waals surface area contributed by atoms with Crippen molar-refractivity contribution in [3.63, 3.8) is 0 Å². The van der Waals surface area contributed by atoms with Crippen molar-refractivity contribution in [2.45, 2.75) is 0 Å². The van der Waals surface area contributed by atoms with Crippen molar-refractivity contribution >= 4 is 21.5 Å². The molecule has 26 heavy (non-hydrogen) atoms. The van der Waals surface area contributed by atoms with Gasteiger partial charge in [0.1, 0.15) is 0 Å². The van der Waals surface area contributed by atoms with Gasteiger partial charge in [-0.3, -0.25) is 0 Å². The minimum Gasteiger partial charge on any atom is -0.523 e. The summed E-state index contributed by atoms with van der Waals surface area (Å²) in [6, 6.07) is 26.9. The maximum Gasteiger partial charge on any atom is 1.00 e. The van der Waals surface area contributed by atoms with Crippen LogP contribution in [0.5, 0.6) is 11.5 Å². The molecular formula is C22H16Li2O2. The predicted molar refractivity (Wildman–Crippen MR) is 97.7 cm³/mol. The summed E-state index contributed by atoms with van der Waals surface area (Å²) in [4.78, 5) is 0. The Bertz CT molecular complexity index is 959. The zero-order valence-electron chi connectivity index (χ0n) is 15.6. The van der Waals surface area contributed by atoms with E-state index < -0.39 is 0 Å². The maximum absolute atomic E-state index is 5.63. The van der Waals surface area contributed by atoms with Crippen molar-refractivity contribution in [1.82, 2.24) is 0 Å². The molecule has 4 aromatic carbocycles. The van der Waals surface area contributed by atoms with Crippen LogP contribution in [0.15, 0.2) is 60.7 Å². The summed E-state index contributed by atoms with van der Waals surface area (Å²) >= 11 is 0. The van der Waals surface area contributed by atoms with Crippen LogP contribution < -0.4 is 47.2 Å². The van der Waals surface area contributed by atoms with Crippen LogP contribution in [0.2, 0.25) is 0 Å². The Balaban J connectivity index is 0.00000121. The van der Waals surface area contributed by atoms with Crippen LogP contribution >= 0.6 is 0 Å². The summed E-state index contributed by atoms with van der Waals surface area (Å²) in [5.41, 5.74) is 1.97. The first-order chi connectivity index (χ1) is 11.8. The first kappa shape index (κ1) is 20.5. The van der Waals surface area contributed by atoms with Gasteiger partial charge in [-0.25, -0.2) is 0 Å². The monoisotopic (exact) mass is 326 g/mol. The number of benzene rings is 4. The second-order valence-electron chi connectivity index (χ2n) is 5.57. The molecule has 0 heterocycles. The molecule has 0 saturated carbocycles. The van der Waals surface area contributed by atoms with Gasteiger partial charge in [-0.05, 0) is 0 Å². The van der Waals surface area contributed by atoms with Gasteiger partial charge in [-0.15, -0.1) is 56.9 Å². The SMILES string of the molecule is COc1[c-]cc2ccccc2c1-c1c(OC)[c-]cc2ccccc12.[Li+].[Li+]. The van der Waals surface area contributed by atoms with Crippen molar-refractivity contribution in [3.8, 4) is 22.6 Å². The van der Waals surface area contributed by atoms with Crippen LogP contribution in [0, 0.1) is 12.1 Å². The Morgan fingerprint density at radius 3 is 1.38 bits per heavy atom. The number of fused-ring (bicyclic) bond motifs is 2. The van der Waals surface area contributed by atoms with Crippen LogP contribution in [-0.4, -0.2) is 14.2 Å². The van der Waals surface area contributed by atoms with Crippen LogP contribution in [0.3, 0.4) is 0 Å². The van der Waals surface area contributed by atoms with Crippen molar-refractivity contribution < 1.29 is 47.2 Å². The standard InChI is InChI=1S/C22H16O2.2Li/c1-23-19-13-11-15-7-3-5-9-17(15)21(19)22-18-10-6-4-8-16(18)12-14-20(22)24-2;;/h3-12H,1-2H3;;/q-2;2*+1. The summed E-state index contributed by atoms with van der Waals surface area (Å²) in [6.07, 6.45) is 0. The third kappa shape index (κ3) is 3.39. The van der Waals surface area contributed by atoms with Crippen LogP contribution in [-0.2, 0) is 0 Å².